The van der Waals surface area contributed by atoms with E-state index in [2.05, 4.69) is 5.32 Å². The third kappa shape index (κ3) is 3.43. The Bertz CT molecular complexity index is 907. The minimum absolute atomic E-state index is 0.0411. The molecule has 11 heteroatoms. The van der Waals surface area contributed by atoms with Gasteiger partial charge in [-0.3, -0.25) is 0 Å². The summed E-state index contributed by atoms with van der Waals surface area (Å²) in [7, 11) is 0. The molecule has 4 fully saturated rings. The van der Waals surface area contributed by atoms with Crippen LogP contribution < -0.4 is 5.32 Å². The summed E-state index contributed by atoms with van der Waals surface area (Å²) in [5.74, 6) is -4.67. The largest absolute Gasteiger partial charge is 0.512 e. The molecule has 0 bridgehead atoms. The van der Waals surface area contributed by atoms with Crippen LogP contribution in [0, 0.1) is 29.6 Å². The Hall–Kier alpha value is -1.31. The van der Waals surface area contributed by atoms with Gasteiger partial charge in [0.2, 0.25) is 0 Å². The molecule has 0 spiro atoms. The van der Waals surface area contributed by atoms with Crippen LogP contribution in [0.4, 0.5) is 0 Å². The first kappa shape index (κ1) is 25.3. The van der Waals surface area contributed by atoms with E-state index >= 15 is 0 Å². The van der Waals surface area contributed by atoms with Crippen LogP contribution in [0.1, 0.15) is 44.9 Å². The van der Waals surface area contributed by atoms with Crippen molar-refractivity contribution in [3.63, 3.8) is 0 Å². The van der Waals surface area contributed by atoms with Gasteiger partial charge in [-0.15, -0.1) is 0 Å². The molecule has 1 aliphatic heterocycles. The van der Waals surface area contributed by atoms with Gasteiger partial charge >= 0.3 is 5.97 Å². The van der Waals surface area contributed by atoms with Crippen molar-refractivity contribution in [1.82, 2.24) is 5.32 Å². The lowest BCUT2D eigenvalue weighted by atomic mass is 9.45. The van der Waals surface area contributed by atoms with Crippen molar-refractivity contribution in [1.29, 1.82) is 0 Å². The van der Waals surface area contributed by atoms with Gasteiger partial charge in [0.15, 0.2) is 5.60 Å². The third-order valence-electron chi connectivity index (χ3n) is 10.0. The molecule has 3 saturated carbocycles. The van der Waals surface area contributed by atoms with Crippen molar-refractivity contribution >= 4 is 5.97 Å². The topological polar surface area (TPSA) is 211 Å². The van der Waals surface area contributed by atoms with Crippen LogP contribution in [0.5, 0.6) is 0 Å². The second-order valence-corrected chi connectivity index (χ2v) is 11.7. The highest BCUT2D eigenvalue weighted by Gasteiger charge is 2.75. The lowest BCUT2D eigenvalue weighted by Crippen LogP contribution is -2.81. The molecule has 12 atom stereocenters. The average Bonchev–Trinajstić information content (AvgIpc) is 2.76. The fraction of sp³-hybridized carbons (Fsp3) is 0.875. The predicted octanol–water partition coefficient (Wildman–Crippen LogP) is -2.01. The van der Waals surface area contributed by atoms with Crippen LogP contribution >= 0.6 is 0 Å². The van der Waals surface area contributed by atoms with E-state index in [4.69, 9.17) is 0 Å². The number of piperidine rings is 1. The van der Waals surface area contributed by atoms with Crippen LogP contribution in [0.25, 0.3) is 0 Å². The van der Waals surface area contributed by atoms with E-state index in [0.29, 0.717) is 12.8 Å². The van der Waals surface area contributed by atoms with Crippen LogP contribution in [-0.2, 0) is 4.79 Å². The minimum Gasteiger partial charge on any atom is -0.512 e. The van der Waals surface area contributed by atoms with Gasteiger partial charge in [-0.05, 0) is 62.9 Å². The molecule has 0 amide bonds. The molecule has 0 radical (unpaired) electrons. The summed E-state index contributed by atoms with van der Waals surface area (Å²) in [5.41, 5.74) is -8.17. The summed E-state index contributed by atoms with van der Waals surface area (Å²) in [5, 5.41) is 102. The number of hydrogen-bond donors (Lipinski definition) is 10. The molecular weight excluding hydrogens is 462 g/mol. The summed E-state index contributed by atoms with van der Waals surface area (Å²) in [6, 6.07) is 0. The lowest BCUT2D eigenvalue weighted by molar-refractivity contribution is -0.341. The zero-order valence-electron chi connectivity index (χ0n) is 19.5. The van der Waals surface area contributed by atoms with E-state index in [1.165, 1.54) is 0 Å². The number of carboxylic acid groups (broad SMARTS) is 1. The molecule has 10 N–H and O–H groups in total. The number of aliphatic hydroxyl groups excluding tert-OH is 5. The Kier molecular flexibility index (Phi) is 6.05. The Balaban J connectivity index is 1.55. The van der Waals surface area contributed by atoms with E-state index in [1.54, 1.807) is 0 Å². The molecule has 4 aliphatic carbocycles. The van der Waals surface area contributed by atoms with Crippen LogP contribution in [0.15, 0.2) is 11.3 Å². The summed E-state index contributed by atoms with van der Waals surface area (Å²) < 4.78 is 0. The number of fused-ring (bicyclic) bond motifs is 3. The minimum atomic E-state index is -2.87. The molecule has 9 unspecified atom stereocenters. The number of carbonyl (C=O) groups is 1. The maximum absolute atomic E-state index is 11.9. The van der Waals surface area contributed by atoms with Crippen molar-refractivity contribution in [2.24, 2.45) is 29.6 Å². The van der Waals surface area contributed by atoms with E-state index in [1.807, 2.05) is 0 Å². The molecule has 0 aromatic heterocycles. The Morgan fingerprint density at radius 2 is 1.71 bits per heavy atom. The standard InChI is InChI=1S/C24H37NO10/c26-13-4-3-11(10-2-1-5-25-8-10)12-6-22(33)9-23(34)7-14(27)16(21(31)32)19(29)24(23,35)20(30)17(22)18(28)15(12)13/h10-13,15,17-20,25-30,33-35H,1-9H2,(H,31,32)/t10?,11?,12?,13?,15?,17?,18?,19?,20?,22-,23+,24-/m1/s1. The zero-order valence-corrected chi connectivity index (χ0v) is 19.5. The number of hydrogen-bond acceptors (Lipinski definition) is 10. The maximum Gasteiger partial charge on any atom is 0.337 e. The molecule has 1 heterocycles. The van der Waals surface area contributed by atoms with E-state index in [0.717, 1.165) is 25.9 Å². The molecule has 198 valence electrons. The van der Waals surface area contributed by atoms with Crippen molar-refractivity contribution < 1.29 is 50.8 Å². The molecule has 0 aromatic carbocycles. The van der Waals surface area contributed by atoms with Gasteiger partial charge in [0.25, 0.3) is 0 Å². The molecule has 35 heavy (non-hydrogen) atoms. The SMILES string of the molecule is O=C(O)C1=C(O)C[C@]2(O)C[C@]3(O)CC4C(C5CCCNC5)CCC(O)C4C(O)C3C(O)[C@]2(O)C1O. The molecule has 5 rings (SSSR count). The van der Waals surface area contributed by atoms with Gasteiger partial charge in [-0.1, -0.05) is 0 Å². The van der Waals surface area contributed by atoms with Crippen LogP contribution in [0.2, 0.25) is 0 Å². The molecule has 5 aliphatic rings. The van der Waals surface area contributed by atoms with Crippen LogP contribution in [-0.4, -0.2) is 106 Å². The molecule has 11 nitrogen and oxygen atoms in total. The number of aliphatic hydroxyl groups is 8. The smallest absolute Gasteiger partial charge is 0.337 e. The van der Waals surface area contributed by atoms with Crippen LogP contribution in [0.3, 0.4) is 0 Å². The first-order valence-corrected chi connectivity index (χ1v) is 12.6. The predicted molar refractivity (Wildman–Crippen MR) is 119 cm³/mol. The average molecular weight is 500 g/mol. The van der Waals surface area contributed by atoms with Gasteiger partial charge < -0.3 is 51.3 Å². The molecule has 1 saturated heterocycles. The van der Waals surface area contributed by atoms with Gasteiger partial charge in [0.05, 0.1) is 23.9 Å². The summed E-state index contributed by atoms with van der Waals surface area (Å²) in [6.45, 7) is 1.71. The first-order valence-electron chi connectivity index (χ1n) is 12.6. The van der Waals surface area contributed by atoms with Crippen molar-refractivity contribution in [2.75, 3.05) is 13.1 Å². The molecular formula is C24H37NO10. The van der Waals surface area contributed by atoms with Gasteiger partial charge in [0.1, 0.15) is 23.0 Å². The summed E-state index contributed by atoms with van der Waals surface area (Å²) >= 11 is 0. The fourth-order valence-corrected chi connectivity index (χ4v) is 8.52. The van der Waals surface area contributed by atoms with Gasteiger partial charge in [-0.25, -0.2) is 4.79 Å². The second kappa shape index (κ2) is 8.35. The maximum atomic E-state index is 11.9. The number of carboxylic acids is 1. The van der Waals surface area contributed by atoms with Gasteiger partial charge in [-0.2, -0.15) is 0 Å². The molecule has 0 aromatic rings. The Labute approximate surface area is 202 Å². The highest BCUT2D eigenvalue weighted by Crippen LogP contribution is 2.61. The van der Waals surface area contributed by atoms with E-state index in [9.17, 15) is 50.8 Å². The highest BCUT2D eigenvalue weighted by molar-refractivity contribution is 5.89. The number of aliphatic carboxylic acids is 1. The second-order valence-electron chi connectivity index (χ2n) is 11.7. The van der Waals surface area contributed by atoms with E-state index < -0.39 is 83.2 Å². The van der Waals surface area contributed by atoms with Crippen molar-refractivity contribution in [3.8, 4) is 0 Å². The zero-order chi connectivity index (χ0) is 25.5. The fourth-order valence-electron chi connectivity index (χ4n) is 8.52. The van der Waals surface area contributed by atoms with Gasteiger partial charge in [0, 0.05) is 24.7 Å². The quantitative estimate of drug-likeness (QED) is 0.200. The highest BCUT2D eigenvalue weighted by atomic mass is 16.4. The monoisotopic (exact) mass is 499 g/mol. The normalized spacial score (nSPS) is 54.4. The number of nitrogens with one attached hydrogen (secondary N) is 1. The Morgan fingerprint density at radius 3 is 2.34 bits per heavy atom. The van der Waals surface area contributed by atoms with Crippen molar-refractivity contribution in [2.45, 2.75) is 86.2 Å². The summed E-state index contributed by atoms with van der Waals surface area (Å²) in [4.78, 5) is 11.6. The third-order valence-corrected chi connectivity index (χ3v) is 10.0. The first-order chi connectivity index (χ1) is 16.4. The summed E-state index contributed by atoms with van der Waals surface area (Å²) in [6.07, 6.45) is -5.11. The lowest BCUT2D eigenvalue weighted by Gasteiger charge is -2.66. The Morgan fingerprint density at radius 1 is 1.00 bits per heavy atom. The van der Waals surface area contributed by atoms with E-state index in [-0.39, 0.29) is 24.2 Å². The number of rotatable bonds is 2. The van der Waals surface area contributed by atoms with Crippen molar-refractivity contribution in [3.05, 3.63) is 11.3 Å².